The van der Waals surface area contributed by atoms with Crippen LogP contribution in [0.3, 0.4) is 0 Å². The fraction of sp³-hybridized carbons (Fsp3) is 0.235. The van der Waals surface area contributed by atoms with Crippen molar-refractivity contribution >= 4 is 28.1 Å². The summed E-state index contributed by atoms with van der Waals surface area (Å²) in [6.45, 7) is 1.97. The lowest BCUT2D eigenvalue weighted by Gasteiger charge is -2.24. The Kier molecular flexibility index (Phi) is 4.25. The molecule has 0 fully saturated rings. The summed E-state index contributed by atoms with van der Waals surface area (Å²) in [5.74, 6) is -0.120. The molecule has 1 aromatic carbocycles. The third-order valence-electron chi connectivity index (χ3n) is 3.97. The third kappa shape index (κ3) is 3.03. The molecule has 0 unspecified atom stereocenters. The molecule has 0 radical (unpaired) electrons. The van der Waals surface area contributed by atoms with Crippen LogP contribution in [0.2, 0.25) is 0 Å². The van der Waals surface area contributed by atoms with Gasteiger partial charge in [-0.05, 0) is 30.5 Å². The van der Waals surface area contributed by atoms with E-state index >= 15 is 0 Å². The summed E-state index contributed by atoms with van der Waals surface area (Å²) in [6, 6.07) is 11.1. The highest BCUT2D eigenvalue weighted by Crippen LogP contribution is 2.23. The van der Waals surface area contributed by atoms with Gasteiger partial charge in [0, 0.05) is 11.9 Å². The first-order valence-corrected chi connectivity index (χ1v) is 8.19. The molecule has 6 heteroatoms. The molecule has 0 aliphatic carbocycles. The van der Waals surface area contributed by atoms with Gasteiger partial charge in [-0.3, -0.25) is 14.2 Å². The van der Waals surface area contributed by atoms with Crippen molar-refractivity contribution in [2.24, 2.45) is 0 Å². The van der Waals surface area contributed by atoms with Crippen LogP contribution in [-0.4, -0.2) is 27.4 Å². The highest BCUT2D eigenvalue weighted by Gasteiger charge is 2.19. The maximum Gasteiger partial charge on any atom is 0.261 e. The largest absolute Gasteiger partial charge is 0.337 e. The first-order valence-electron chi connectivity index (χ1n) is 7.31. The molecule has 2 heterocycles. The molecule has 0 spiro atoms. The van der Waals surface area contributed by atoms with Crippen molar-refractivity contribution in [2.45, 2.75) is 19.5 Å². The van der Waals surface area contributed by atoms with E-state index in [0.717, 1.165) is 4.88 Å². The van der Waals surface area contributed by atoms with Gasteiger partial charge in [0.05, 0.1) is 23.3 Å². The van der Waals surface area contributed by atoms with Crippen LogP contribution in [0.4, 0.5) is 0 Å². The van der Waals surface area contributed by atoms with Crippen LogP contribution in [0.1, 0.15) is 17.8 Å². The molecule has 118 valence electrons. The van der Waals surface area contributed by atoms with E-state index in [9.17, 15) is 9.59 Å². The average Bonchev–Trinajstić information content (AvgIpc) is 3.10. The van der Waals surface area contributed by atoms with E-state index in [0.29, 0.717) is 10.9 Å². The number of carbonyl (C=O) groups is 1. The van der Waals surface area contributed by atoms with Gasteiger partial charge < -0.3 is 4.90 Å². The van der Waals surface area contributed by atoms with Gasteiger partial charge in [0.2, 0.25) is 5.91 Å². The Morgan fingerprint density at radius 3 is 2.83 bits per heavy atom. The van der Waals surface area contributed by atoms with Gasteiger partial charge in [0.25, 0.3) is 5.56 Å². The van der Waals surface area contributed by atoms with E-state index in [4.69, 9.17) is 0 Å². The number of rotatable bonds is 4. The lowest BCUT2D eigenvalue weighted by Crippen LogP contribution is -2.35. The number of carbonyl (C=O) groups excluding carboxylic acids is 1. The second-order valence-corrected chi connectivity index (χ2v) is 6.37. The summed E-state index contributed by atoms with van der Waals surface area (Å²) >= 11 is 1.61. The molecule has 1 amide bonds. The maximum atomic E-state index is 12.5. The van der Waals surface area contributed by atoms with Crippen molar-refractivity contribution in [1.82, 2.24) is 14.5 Å². The molecular formula is C17H17N3O2S. The van der Waals surface area contributed by atoms with E-state index in [-0.39, 0.29) is 24.1 Å². The summed E-state index contributed by atoms with van der Waals surface area (Å²) in [5.41, 5.74) is 0.447. The first-order chi connectivity index (χ1) is 11.1. The Hall–Kier alpha value is -2.47. The molecule has 0 saturated heterocycles. The number of amides is 1. The zero-order chi connectivity index (χ0) is 16.4. The Morgan fingerprint density at radius 2 is 2.09 bits per heavy atom. The number of aromatic nitrogens is 2. The fourth-order valence-electron chi connectivity index (χ4n) is 2.41. The third-order valence-corrected chi connectivity index (χ3v) is 5.01. The number of likely N-dealkylation sites (N-methyl/N-ethyl adjacent to an activating group) is 1. The summed E-state index contributed by atoms with van der Waals surface area (Å²) in [4.78, 5) is 31.9. The number of hydrogen-bond acceptors (Lipinski definition) is 4. The summed E-state index contributed by atoms with van der Waals surface area (Å²) in [7, 11) is 1.76. The Bertz CT molecular complexity index is 886. The first kappa shape index (κ1) is 15.4. The predicted octanol–water partition coefficient (Wildman–Crippen LogP) is 2.68. The minimum atomic E-state index is -0.193. The lowest BCUT2D eigenvalue weighted by atomic mass is 10.2. The Morgan fingerprint density at radius 1 is 1.30 bits per heavy atom. The van der Waals surface area contributed by atoms with Crippen molar-refractivity contribution in [2.75, 3.05) is 7.05 Å². The van der Waals surface area contributed by atoms with Crippen LogP contribution in [-0.2, 0) is 11.3 Å². The number of hydrogen-bond donors (Lipinski definition) is 0. The zero-order valence-corrected chi connectivity index (χ0v) is 13.8. The molecular weight excluding hydrogens is 310 g/mol. The fourth-order valence-corrected chi connectivity index (χ4v) is 3.24. The van der Waals surface area contributed by atoms with Crippen LogP contribution >= 0.6 is 11.3 Å². The van der Waals surface area contributed by atoms with Crippen molar-refractivity contribution < 1.29 is 4.79 Å². The topological polar surface area (TPSA) is 55.2 Å². The van der Waals surface area contributed by atoms with Crippen LogP contribution < -0.4 is 5.56 Å². The number of thiophene rings is 1. The number of fused-ring (bicyclic) bond motifs is 1. The highest BCUT2D eigenvalue weighted by atomic mass is 32.1. The molecule has 23 heavy (non-hydrogen) atoms. The minimum Gasteiger partial charge on any atom is -0.337 e. The predicted molar refractivity (Wildman–Crippen MR) is 91.5 cm³/mol. The molecule has 0 N–H and O–H groups in total. The van der Waals surface area contributed by atoms with Crippen LogP contribution in [0, 0.1) is 0 Å². The van der Waals surface area contributed by atoms with E-state index in [1.54, 1.807) is 41.5 Å². The van der Waals surface area contributed by atoms with E-state index in [1.807, 2.05) is 30.5 Å². The highest BCUT2D eigenvalue weighted by molar-refractivity contribution is 7.10. The molecule has 0 aliphatic heterocycles. The molecule has 3 rings (SSSR count). The zero-order valence-electron chi connectivity index (χ0n) is 13.0. The lowest BCUT2D eigenvalue weighted by molar-refractivity contribution is -0.132. The molecule has 0 aliphatic rings. The van der Waals surface area contributed by atoms with E-state index < -0.39 is 0 Å². The van der Waals surface area contributed by atoms with Crippen LogP contribution in [0.5, 0.6) is 0 Å². The van der Waals surface area contributed by atoms with Crippen molar-refractivity contribution in [3.63, 3.8) is 0 Å². The van der Waals surface area contributed by atoms with Gasteiger partial charge in [0.15, 0.2) is 0 Å². The molecule has 5 nitrogen and oxygen atoms in total. The molecule has 1 atom stereocenters. The van der Waals surface area contributed by atoms with Gasteiger partial charge >= 0.3 is 0 Å². The quantitative estimate of drug-likeness (QED) is 0.740. The van der Waals surface area contributed by atoms with Crippen LogP contribution in [0.25, 0.3) is 10.9 Å². The smallest absolute Gasteiger partial charge is 0.261 e. The molecule has 2 aromatic heterocycles. The van der Waals surface area contributed by atoms with Gasteiger partial charge in [-0.1, -0.05) is 18.2 Å². The van der Waals surface area contributed by atoms with Crippen molar-refractivity contribution in [3.05, 3.63) is 63.3 Å². The van der Waals surface area contributed by atoms with Gasteiger partial charge in [-0.25, -0.2) is 4.98 Å². The molecule has 3 aromatic rings. The summed E-state index contributed by atoms with van der Waals surface area (Å²) < 4.78 is 1.36. The standard InChI is InChI=1S/C17H17N3O2S/c1-12(15-8-5-9-23-15)19(2)16(21)10-20-11-18-14-7-4-3-6-13(14)17(20)22/h3-9,11-12H,10H2,1-2H3/t12-/m0/s1. The Balaban J connectivity index is 1.83. The van der Waals surface area contributed by atoms with E-state index in [2.05, 4.69) is 4.98 Å². The second kappa shape index (κ2) is 6.34. The van der Waals surface area contributed by atoms with E-state index in [1.165, 1.54) is 10.9 Å². The van der Waals surface area contributed by atoms with Crippen molar-refractivity contribution in [1.29, 1.82) is 0 Å². The van der Waals surface area contributed by atoms with Crippen LogP contribution in [0.15, 0.2) is 52.9 Å². The second-order valence-electron chi connectivity index (χ2n) is 5.39. The normalized spacial score (nSPS) is 12.3. The summed E-state index contributed by atoms with van der Waals surface area (Å²) in [6.07, 6.45) is 1.44. The molecule has 0 bridgehead atoms. The summed E-state index contributed by atoms with van der Waals surface area (Å²) in [5, 5.41) is 2.51. The minimum absolute atomic E-state index is 0.0110. The SMILES string of the molecule is C[C@@H](c1cccs1)N(C)C(=O)Cn1cnc2ccccc2c1=O. The Labute approximate surface area is 137 Å². The number of para-hydroxylation sites is 1. The van der Waals surface area contributed by atoms with Crippen molar-refractivity contribution in [3.8, 4) is 0 Å². The molecule has 0 saturated carbocycles. The van der Waals surface area contributed by atoms with Gasteiger partial charge in [-0.15, -0.1) is 11.3 Å². The maximum absolute atomic E-state index is 12.5. The van der Waals surface area contributed by atoms with Gasteiger partial charge in [0.1, 0.15) is 6.54 Å². The monoisotopic (exact) mass is 327 g/mol. The average molecular weight is 327 g/mol. The van der Waals surface area contributed by atoms with Gasteiger partial charge in [-0.2, -0.15) is 0 Å². The number of benzene rings is 1. The number of nitrogens with zero attached hydrogens (tertiary/aromatic N) is 3.